The number of fused-ring (bicyclic) bond motifs is 1. The smallest absolute Gasteiger partial charge is 0.128 e. The van der Waals surface area contributed by atoms with E-state index in [9.17, 15) is 4.39 Å². The zero-order valence-corrected chi connectivity index (χ0v) is 10.2. The van der Waals surface area contributed by atoms with Crippen LogP contribution in [0.5, 0.6) is 0 Å². The van der Waals surface area contributed by atoms with Crippen LogP contribution < -0.4 is 5.48 Å². The molecule has 2 fully saturated rings. The van der Waals surface area contributed by atoms with Crippen LogP contribution in [0.25, 0.3) is 0 Å². The molecule has 0 radical (unpaired) electrons. The summed E-state index contributed by atoms with van der Waals surface area (Å²) in [6.45, 7) is 6.88. The van der Waals surface area contributed by atoms with Gasteiger partial charge < -0.3 is 4.84 Å². The summed E-state index contributed by atoms with van der Waals surface area (Å²) < 4.78 is 14.1. The molecule has 1 N–H and O–H groups in total. The minimum absolute atomic E-state index is 0.166. The Bertz CT molecular complexity index is 465. The minimum Gasteiger partial charge on any atom is -0.300 e. The lowest BCUT2D eigenvalue weighted by molar-refractivity contribution is 0.0480. The number of hydrogen-bond acceptors (Lipinski definition) is 3. The second-order valence-electron chi connectivity index (χ2n) is 5.04. The first-order valence-corrected chi connectivity index (χ1v) is 6.23. The van der Waals surface area contributed by atoms with Gasteiger partial charge in [-0.3, -0.25) is 4.90 Å². The number of hydroxylamine groups is 1. The topological polar surface area (TPSA) is 24.5 Å². The van der Waals surface area contributed by atoms with Crippen molar-refractivity contribution in [1.82, 2.24) is 10.4 Å². The maximum Gasteiger partial charge on any atom is 0.128 e. The van der Waals surface area contributed by atoms with Crippen molar-refractivity contribution in [3.05, 3.63) is 48.3 Å². The normalized spacial score (nSPS) is 31.5. The van der Waals surface area contributed by atoms with E-state index in [1.54, 1.807) is 6.07 Å². The summed E-state index contributed by atoms with van der Waals surface area (Å²) in [5, 5.41) is 0. The molecule has 0 bridgehead atoms. The van der Waals surface area contributed by atoms with Gasteiger partial charge in [0.25, 0.3) is 0 Å². The van der Waals surface area contributed by atoms with Crippen molar-refractivity contribution in [2.45, 2.75) is 5.54 Å². The van der Waals surface area contributed by atoms with Crippen molar-refractivity contribution in [2.75, 3.05) is 26.2 Å². The molecule has 0 aromatic heterocycles. The Morgan fingerprint density at radius 2 is 2.39 bits per heavy atom. The van der Waals surface area contributed by atoms with Crippen molar-refractivity contribution in [2.24, 2.45) is 5.92 Å². The first kappa shape index (κ1) is 11.8. The van der Waals surface area contributed by atoms with Crippen LogP contribution in [0, 0.1) is 11.7 Å². The molecule has 2 atom stereocenters. The van der Waals surface area contributed by atoms with E-state index in [0.29, 0.717) is 12.2 Å². The van der Waals surface area contributed by atoms with E-state index >= 15 is 0 Å². The molecule has 18 heavy (non-hydrogen) atoms. The van der Waals surface area contributed by atoms with Crippen LogP contribution in [0.1, 0.15) is 5.56 Å². The van der Waals surface area contributed by atoms with Gasteiger partial charge in [0.2, 0.25) is 0 Å². The third kappa shape index (κ3) is 1.68. The van der Waals surface area contributed by atoms with Crippen molar-refractivity contribution >= 4 is 0 Å². The van der Waals surface area contributed by atoms with Crippen LogP contribution in [0.4, 0.5) is 4.39 Å². The van der Waals surface area contributed by atoms with Crippen LogP contribution in [-0.4, -0.2) is 31.1 Å². The number of benzene rings is 1. The number of rotatable bonds is 3. The number of hydrogen-bond donors (Lipinski definition) is 1. The highest BCUT2D eigenvalue weighted by atomic mass is 19.1. The highest BCUT2D eigenvalue weighted by Crippen LogP contribution is 2.41. The van der Waals surface area contributed by atoms with E-state index in [4.69, 9.17) is 4.84 Å². The molecule has 0 spiro atoms. The Kier molecular flexibility index (Phi) is 2.93. The monoisotopic (exact) mass is 248 g/mol. The molecule has 2 heterocycles. The van der Waals surface area contributed by atoms with Gasteiger partial charge in [0.15, 0.2) is 0 Å². The number of likely N-dealkylation sites (tertiary alicyclic amines) is 1. The summed E-state index contributed by atoms with van der Waals surface area (Å²) in [6.07, 6.45) is 1.89. The third-order valence-corrected chi connectivity index (χ3v) is 3.93. The van der Waals surface area contributed by atoms with E-state index in [-0.39, 0.29) is 11.7 Å². The molecule has 2 aliphatic heterocycles. The Hall–Kier alpha value is -1.23. The van der Waals surface area contributed by atoms with Crippen LogP contribution in [0.3, 0.4) is 0 Å². The molecular weight excluding hydrogens is 231 g/mol. The second-order valence-corrected chi connectivity index (χ2v) is 5.04. The van der Waals surface area contributed by atoms with Gasteiger partial charge in [0.05, 0.1) is 12.1 Å². The summed E-state index contributed by atoms with van der Waals surface area (Å²) in [4.78, 5) is 7.66. The fraction of sp³-hybridized carbons (Fsp3) is 0.429. The summed E-state index contributed by atoms with van der Waals surface area (Å²) >= 11 is 0. The summed E-state index contributed by atoms with van der Waals surface area (Å²) in [6, 6.07) is 6.95. The number of halogens is 1. The highest BCUT2D eigenvalue weighted by Gasteiger charge is 2.52. The second kappa shape index (κ2) is 4.46. The van der Waals surface area contributed by atoms with Crippen molar-refractivity contribution in [3.8, 4) is 0 Å². The first-order valence-electron chi connectivity index (χ1n) is 6.23. The van der Waals surface area contributed by atoms with Gasteiger partial charge in [0.1, 0.15) is 5.82 Å². The molecule has 0 amide bonds. The van der Waals surface area contributed by atoms with Gasteiger partial charge in [-0.2, -0.15) is 5.48 Å². The quantitative estimate of drug-likeness (QED) is 0.824. The maximum atomic E-state index is 14.1. The third-order valence-electron chi connectivity index (χ3n) is 3.93. The van der Waals surface area contributed by atoms with Gasteiger partial charge in [-0.15, -0.1) is 6.58 Å². The van der Waals surface area contributed by atoms with Gasteiger partial charge in [0, 0.05) is 31.1 Å². The van der Waals surface area contributed by atoms with E-state index in [1.165, 1.54) is 6.07 Å². The molecule has 1 aromatic carbocycles. The standard InChI is InChI=1S/C14H17FN2O/c1-2-7-17-8-11-9-18-16-14(11,10-17)12-5-3-4-6-13(12)15/h2-6,11,16H,1,7-10H2/t11-,14+/m1/s1. The van der Waals surface area contributed by atoms with Crippen LogP contribution in [-0.2, 0) is 10.4 Å². The summed E-state index contributed by atoms with van der Waals surface area (Å²) in [7, 11) is 0. The molecule has 1 aromatic rings. The van der Waals surface area contributed by atoms with Crippen LogP contribution >= 0.6 is 0 Å². The molecule has 0 aliphatic carbocycles. The molecule has 0 unspecified atom stereocenters. The largest absolute Gasteiger partial charge is 0.300 e. The van der Waals surface area contributed by atoms with Gasteiger partial charge >= 0.3 is 0 Å². The summed E-state index contributed by atoms with van der Waals surface area (Å²) in [5.41, 5.74) is 3.36. The molecule has 0 saturated carbocycles. The van der Waals surface area contributed by atoms with E-state index in [2.05, 4.69) is 17.0 Å². The molecular formula is C14H17FN2O. The molecule has 2 saturated heterocycles. The lowest BCUT2D eigenvalue weighted by Crippen LogP contribution is -2.43. The fourth-order valence-electron chi connectivity index (χ4n) is 3.10. The average molecular weight is 248 g/mol. The van der Waals surface area contributed by atoms with E-state index in [0.717, 1.165) is 19.6 Å². The Balaban J connectivity index is 1.97. The predicted octanol–water partition coefficient (Wildman–Crippen LogP) is 1.67. The Labute approximate surface area is 106 Å². The molecule has 3 rings (SSSR count). The zero-order chi connectivity index (χ0) is 12.6. The molecule has 96 valence electrons. The van der Waals surface area contributed by atoms with Crippen molar-refractivity contribution < 1.29 is 9.23 Å². The molecule has 2 aliphatic rings. The van der Waals surface area contributed by atoms with Crippen molar-refractivity contribution in [3.63, 3.8) is 0 Å². The molecule has 3 nitrogen and oxygen atoms in total. The summed E-state index contributed by atoms with van der Waals surface area (Å²) in [5.74, 6) is 0.121. The van der Waals surface area contributed by atoms with Gasteiger partial charge in [-0.05, 0) is 6.07 Å². The van der Waals surface area contributed by atoms with Crippen molar-refractivity contribution in [1.29, 1.82) is 0 Å². The SMILES string of the molecule is C=CCN1C[C@@H]2CON[C@@]2(c2ccccc2F)C1. The predicted molar refractivity (Wildman–Crippen MR) is 67.3 cm³/mol. The lowest BCUT2D eigenvalue weighted by Gasteiger charge is -2.28. The lowest BCUT2D eigenvalue weighted by atomic mass is 9.82. The Morgan fingerprint density at radius 1 is 1.56 bits per heavy atom. The van der Waals surface area contributed by atoms with Crippen LogP contribution in [0.15, 0.2) is 36.9 Å². The van der Waals surface area contributed by atoms with E-state index in [1.807, 2.05) is 18.2 Å². The molecule has 4 heteroatoms. The van der Waals surface area contributed by atoms with Crippen LogP contribution in [0.2, 0.25) is 0 Å². The fourth-order valence-corrected chi connectivity index (χ4v) is 3.10. The minimum atomic E-state index is -0.408. The number of nitrogens with one attached hydrogen (secondary N) is 1. The number of nitrogens with zero attached hydrogens (tertiary/aromatic N) is 1. The maximum absolute atomic E-state index is 14.1. The average Bonchev–Trinajstić information content (AvgIpc) is 2.87. The van der Waals surface area contributed by atoms with Gasteiger partial charge in [-0.25, -0.2) is 4.39 Å². The van der Waals surface area contributed by atoms with E-state index < -0.39 is 5.54 Å². The Morgan fingerprint density at radius 3 is 3.17 bits per heavy atom. The zero-order valence-electron chi connectivity index (χ0n) is 10.2. The van der Waals surface area contributed by atoms with Gasteiger partial charge in [-0.1, -0.05) is 24.3 Å². The first-order chi connectivity index (χ1) is 8.76. The highest BCUT2D eigenvalue weighted by molar-refractivity contribution is 5.30.